The van der Waals surface area contributed by atoms with Crippen molar-refractivity contribution in [3.05, 3.63) is 18.2 Å². The van der Waals surface area contributed by atoms with Crippen molar-refractivity contribution in [3.63, 3.8) is 0 Å². The lowest BCUT2D eigenvalue weighted by Gasteiger charge is -2.15. The number of ketones is 1. The molecular formula is C15H22O5S. The van der Waals surface area contributed by atoms with Crippen molar-refractivity contribution in [2.24, 2.45) is 0 Å². The first-order valence-electron chi connectivity index (χ1n) is 7.03. The van der Waals surface area contributed by atoms with Gasteiger partial charge in [-0.3, -0.25) is 4.79 Å². The van der Waals surface area contributed by atoms with E-state index in [0.717, 1.165) is 6.42 Å². The third-order valence-corrected chi connectivity index (χ3v) is 4.57. The van der Waals surface area contributed by atoms with E-state index in [1.54, 1.807) is 19.1 Å². The molecule has 0 radical (unpaired) electrons. The molecule has 0 aromatic heterocycles. The summed E-state index contributed by atoms with van der Waals surface area (Å²) in [6, 6.07) is 4.71. The number of Topliss-reactive ketones (excluding diaryl/α,β-unsaturated/α-hetero) is 1. The molecule has 1 rings (SSSR count). The van der Waals surface area contributed by atoms with Crippen molar-refractivity contribution in [2.45, 2.75) is 38.5 Å². The number of carbonyl (C=O) groups is 1. The minimum absolute atomic E-state index is 0.0473. The molecule has 0 atom stereocenters. The van der Waals surface area contributed by atoms with Crippen LogP contribution in [0.4, 0.5) is 0 Å². The van der Waals surface area contributed by atoms with Gasteiger partial charge in [-0.25, -0.2) is 8.42 Å². The normalized spacial score (nSPS) is 11.2. The van der Waals surface area contributed by atoms with Crippen LogP contribution in [0.3, 0.4) is 0 Å². The molecule has 118 valence electrons. The Kier molecular flexibility index (Phi) is 6.68. The van der Waals surface area contributed by atoms with E-state index in [-0.39, 0.29) is 34.5 Å². The van der Waals surface area contributed by atoms with Crippen LogP contribution in [0.1, 0.15) is 33.6 Å². The summed E-state index contributed by atoms with van der Waals surface area (Å²) in [5.74, 6) is 0.397. The molecule has 0 fully saturated rings. The summed E-state index contributed by atoms with van der Waals surface area (Å²) >= 11 is 0. The van der Waals surface area contributed by atoms with Gasteiger partial charge in [0.05, 0.1) is 12.4 Å². The summed E-state index contributed by atoms with van der Waals surface area (Å²) < 4.78 is 35.5. The van der Waals surface area contributed by atoms with Gasteiger partial charge in [0.2, 0.25) is 0 Å². The van der Waals surface area contributed by atoms with Crippen LogP contribution in [0, 0.1) is 0 Å². The van der Waals surface area contributed by atoms with E-state index in [2.05, 4.69) is 0 Å². The van der Waals surface area contributed by atoms with Crippen LogP contribution >= 0.6 is 0 Å². The SMILES string of the molecule is CCCOc1c(OCC(C)=O)cccc1S(=O)(=O)CCC. The van der Waals surface area contributed by atoms with Crippen LogP contribution in [-0.4, -0.2) is 33.2 Å². The fourth-order valence-electron chi connectivity index (χ4n) is 1.76. The third kappa shape index (κ3) is 5.04. The molecule has 1 aromatic carbocycles. The molecule has 0 bridgehead atoms. The predicted octanol–water partition coefficient (Wildman–Crippen LogP) is 2.63. The Bertz CT molecular complexity index is 578. The zero-order chi connectivity index (χ0) is 15.9. The van der Waals surface area contributed by atoms with Crippen molar-refractivity contribution in [3.8, 4) is 11.5 Å². The molecule has 6 heteroatoms. The number of sulfone groups is 1. The van der Waals surface area contributed by atoms with E-state index in [1.807, 2.05) is 6.92 Å². The second-order valence-electron chi connectivity index (χ2n) is 4.74. The van der Waals surface area contributed by atoms with Crippen LogP contribution in [0.15, 0.2) is 23.1 Å². The molecule has 0 aliphatic heterocycles. The topological polar surface area (TPSA) is 69.7 Å². The molecule has 21 heavy (non-hydrogen) atoms. The van der Waals surface area contributed by atoms with Crippen LogP contribution in [0.25, 0.3) is 0 Å². The van der Waals surface area contributed by atoms with Crippen molar-refractivity contribution in [1.82, 2.24) is 0 Å². The number of hydrogen-bond acceptors (Lipinski definition) is 5. The Morgan fingerprint density at radius 1 is 1.14 bits per heavy atom. The van der Waals surface area contributed by atoms with Crippen molar-refractivity contribution in [1.29, 1.82) is 0 Å². The maximum Gasteiger partial charge on any atom is 0.182 e. The second kappa shape index (κ2) is 8.02. The summed E-state index contributed by atoms with van der Waals surface area (Å²) in [6.07, 6.45) is 1.27. The largest absolute Gasteiger partial charge is 0.488 e. The Balaban J connectivity index is 3.22. The molecule has 0 saturated carbocycles. The van der Waals surface area contributed by atoms with Crippen molar-refractivity contribution < 1.29 is 22.7 Å². The van der Waals surface area contributed by atoms with Gasteiger partial charge >= 0.3 is 0 Å². The van der Waals surface area contributed by atoms with Gasteiger partial charge in [0, 0.05) is 0 Å². The summed E-state index contributed by atoms with van der Waals surface area (Å²) in [7, 11) is -3.42. The average molecular weight is 314 g/mol. The summed E-state index contributed by atoms with van der Waals surface area (Å²) in [5, 5.41) is 0. The second-order valence-corrected chi connectivity index (χ2v) is 6.82. The van der Waals surface area contributed by atoms with Gasteiger partial charge in [0.15, 0.2) is 27.1 Å². The number of benzene rings is 1. The Morgan fingerprint density at radius 2 is 1.86 bits per heavy atom. The molecule has 5 nitrogen and oxygen atoms in total. The van der Waals surface area contributed by atoms with E-state index in [9.17, 15) is 13.2 Å². The lowest BCUT2D eigenvalue weighted by Crippen LogP contribution is -2.12. The summed E-state index contributed by atoms with van der Waals surface area (Å²) in [4.78, 5) is 11.2. The number of carbonyl (C=O) groups excluding carboxylic acids is 1. The molecule has 0 aliphatic carbocycles. The van der Waals surface area contributed by atoms with Crippen LogP contribution in [-0.2, 0) is 14.6 Å². The molecule has 0 amide bonds. The first-order chi connectivity index (χ1) is 9.92. The fraction of sp³-hybridized carbons (Fsp3) is 0.533. The van der Waals surface area contributed by atoms with E-state index in [4.69, 9.17) is 9.47 Å². The predicted molar refractivity (Wildman–Crippen MR) is 80.7 cm³/mol. The highest BCUT2D eigenvalue weighted by Crippen LogP contribution is 2.35. The summed E-state index contributed by atoms with van der Waals surface area (Å²) in [5.41, 5.74) is 0. The van der Waals surface area contributed by atoms with E-state index in [1.165, 1.54) is 13.0 Å². The van der Waals surface area contributed by atoms with Gasteiger partial charge < -0.3 is 9.47 Å². The maximum absolute atomic E-state index is 12.3. The zero-order valence-corrected chi connectivity index (χ0v) is 13.5. The quantitative estimate of drug-likeness (QED) is 0.701. The molecular weight excluding hydrogens is 292 g/mol. The van der Waals surface area contributed by atoms with Gasteiger partial charge in [0.1, 0.15) is 11.5 Å². The summed E-state index contributed by atoms with van der Waals surface area (Å²) in [6.45, 7) is 5.42. The lowest BCUT2D eigenvalue weighted by molar-refractivity contribution is -0.118. The van der Waals surface area contributed by atoms with Gasteiger partial charge in [-0.1, -0.05) is 19.9 Å². The zero-order valence-electron chi connectivity index (χ0n) is 12.7. The maximum atomic E-state index is 12.3. The van der Waals surface area contributed by atoms with Gasteiger partial charge in [0.25, 0.3) is 0 Å². The fourth-order valence-corrected chi connectivity index (χ4v) is 3.24. The Hall–Kier alpha value is -1.56. The standard InChI is InChI=1S/C15H22O5S/c1-4-9-19-15-13(20-11-12(3)16)7-6-8-14(15)21(17,18)10-5-2/h6-8H,4-5,9-11H2,1-3H3. The Labute approximate surface area is 126 Å². The van der Waals surface area contributed by atoms with Crippen molar-refractivity contribution >= 4 is 15.6 Å². The van der Waals surface area contributed by atoms with Crippen molar-refractivity contribution in [2.75, 3.05) is 19.0 Å². The highest BCUT2D eigenvalue weighted by molar-refractivity contribution is 7.91. The van der Waals surface area contributed by atoms with E-state index < -0.39 is 9.84 Å². The smallest absolute Gasteiger partial charge is 0.182 e. The first kappa shape index (κ1) is 17.5. The van der Waals surface area contributed by atoms with Gasteiger partial charge in [-0.15, -0.1) is 0 Å². The molecule has 0 unspecified atom stereocenters. The molecule has 0 N–H and O–H groups in total. The number of para-hydroxylation sites is 1. The third-order valence-electron chi connectivity index (χ3n) is 2.63. The molecule has 0 spiro atoms. The Morgan fingerprint density at radius 3 is 2.43 bits per heavy atom. The van der Waals surface area contributed by atoms with Gasteiger partial charge in [-0.2, -0.15) is 0 Å². The highest BCUT2D eigenvalue weighted by Gasteiger charge is 2.22. The number of hydrogen-bond donors (Lipinski definition) is 0. The average Bonchev–Trinajstić information content (AvgIpc) is 2.42. The van der Waals surface area contributed by atoms with Crippen LogP contribution in [0.5, 0.6) is 11.5 Å². The highest BCUT2D eigenvalue weighted by atomic mass is 32.2. The molecule has 1 aromatic rings. The molecule has 0 heterocycles. The number of ether oxygens (including phenoxy) is 2. The minimum atomic E-state index is -3.42. The van der Waals surface area contributed by atoms with E-state index >= 15 is 0 Å². The van der Waals surface area contributed by atoms with Crippen LogP contribution in [0.2, 0.25) is 0 Å². The monoisotopic (exact) mass is 314 g/mol. The molecule has 0 aliphatic rings. The molecule has 0 saturated heterocycles. The minimum Gasteiger partial charge on any atom is -0.488 e. The lowest BCUT2D eigenvalue weighted by atomic mass is 10.3. The van der Waals surface area contributed by atoms with Crippen LogP contribution < -0.4 is 9.47 Å². The first-order valence-corrected chi connectivity index (χ1v) is 8.68. The van der Waals surface area contributed by atoms with E-state index in [0.29, 0.717) is 13.0 Å². The van der Waals surface area contributed by atoms with Gasteiger partial charge in [-0.05, 0) is 31.9 Å². The number of rotatable bonds is 9.